The van der Waals surface area contributed by atoms with Crippen LogP contribution in [-0.4, -0.2) is 38.3 Å². The first-order valence-corrected chi connectivity index (χ1v) is 10.2. The lowest BCUT2D eigenvalue weighted by atomic mass is 9.93. The van der Waals surface area contributed by atoms with Crippen LogP contribution in [0.1, 0.15) is 52.9 Å². The Morgan fingerprint density at radius 1 is 1.20 bits per heavy atom. The molecule has 0 bridgehead atoms. The molecule has 0 unspecified atom stereocenters. The number of hydrogen-bond acceptors (Lipinski definition) is 5. The molecule has 1 aromatic carbocycles. The fraction of sp³-hybridized carbons (Fsp3) is 0.304. The van der Waals surface area contributed by atoms with Gasteiger partial charge in [0.25, 0.3) is 5.91 Å². The number of amides is 1. The van der Waals surface area contributed by atoms with Crippen LogP contribution in [-0.2, 0) is 6.42 Å². The van der Waals surface area contributed by atoms with E-state index in [9.17, 15) is 9.90 Å². The number of H-pyrrole nitrogens is 1. The molecule has 5 rings (SSSR count). The van der Waals surface area contributed by atoms with Gasteiger partial charge in [0, 0.05) is 40.9 Å². The number of carbonyl (C=O) groups excluding carboxylic acids is 1. The Morgan fingerprint density at radius 3 is 2.77 bits per heavy atom. The molecule has 2 aliphatic rings. The van der Waals surface area contributed by atoms with Crippen LogP contribution in [0.4, 0.5) is 0 Å². The zero-order valence-electron chi connectivity index (χ0n) is 16.4. The van der Waals surface area contributed by atoms with Crippen molar-refractivity contribution in [1.29, 1.82) is 5.26 Å². The molecule has 0 radical (unpaired) electrons. The quantitative estimate of drug-likeness (QED) is 0.490. The van der Waals surface area contributed by atoms with E-state index in [-0.39, 0.29) is 18.1 Å². The fourth-order valence-corrected chi connectivity index (χ4v) is 4.40. The van der Waals surface area contributed by atoms with Gasteiger partial charge in [0.05, 0.1) is 17.5 Å². The van der Waals surface area contributed by atoms with Gasteiger partial charge in [0.1, 0.15) is 11.8 Å². The van der Waals surface area contributed by atoms with Crippen molar-refractivity contribution in [1.82, 2.24) is 20.5 Å². The molecule has 2 heterocycles. The summed E-state index contributed by atoms with van der Waals surface area (Å²) < 4.78 is 0. The number of nitrogens with one attached hydrogen (secondary N) is 2. The summed E-state index contributed by atoms with van der Waals surface area (Å²) >= 11 is 0. The summed E-state index contributed by atoms with van der Waals surface area (Å²) in [5, 5.41) is 29.3. The van der Waals surface area contributed by atoms with Crippen LogP contribution in [0.3, 0.4) is 0 Å². The summed E-state index contributed by atoms with van der Waals surface area (Å²) in [6, 6.07) is 11.5. The summed E-state index contributed by atoms with van der Waals surface area (Å²) in [5.74, 6) is -0.0654. The van der Waals surface area contributed by atoms with E-state index in [1.807, 2.05) is 30.3 Å². The number of carbonyl (C=O) groups is 1. The van der Waals surface area contributed by atoms with Crippen LogP contribution < -0.4 is 5.32 Å². The van der Waals surface area contributed by atoms with Crippen LogP contribution >= 0.6 is 0 Å². The van der Waals surface area contributed by atoms with Gasteiger partial charge in [-0.2, -0.15) is 10.4 Å². The van der Waals surface area contributed by atoms with Gasteiger partial charge in [0.2, 0.25) is 0 Å². The minimum Gasteiger partial charge on any atom is -0.393 e. The Labute approximate surface area is 173 Å². The number of hydrogen-bond donors (Lipinski definition) is 3. The predicted octanol–water partition coefficient (Wildman–Crippen LogP) is 2.95. The molecular weight excluding hydrogens is 378 g/mol. The fourth-order valence-electron chi connectivity index (χ4n) is 4.40. The number of nitriles is 1. The molecule has 1 fully saturated rings. The van der Waals surface area contributed by atoms with Crippen molar-refractivity contribution in [2.75, 3.05) is 0 Å². The van der Waals surface area contributed by atoms with E-state index in [2.05, 4.69) is 20.5 Å². The number of nitrogens with zero attached hydrogens (tertiary/aromatic N) is 3. The highest BCUT2D eigenvalue weighted by molar-refractivity contribution is 5.96. The van der Waals surface area contributed by atoms with Crippen molar-refractivity contribution in [3.8, 4) is 28.6 Å². The van der Waals surface area contributed by atoms with E-state index in [0.717, 1.165) is 59.3 Å². The van der Waals surface area contributed by atoms with E-state index in [1.165, 1.54) is 0 Å². The van der Waals surface area contributed by atoms with E-state index in [0.29, 0.717) is 17.7 Å². The monoisotopic (exact) mass is 399 g/mol. The van der Waals surface area contributed by atoms with Crippen LogP contribution in [0.2, 0.25) is 0 Å². The topological polar surface area (TPSA) is 115 Å². The van der Waals surface area contributed by atoms with Crippen molar-refractivity contribution in [3.05, 3.63) is 58.9 Å². The van der Waals surface area contributed by atoms with Gasteiger partial charge >= 0.3 is 0 Å². The molecular formula is C23H21N5O2. The van der Waals surface area contributed by atoms with Crippen LogP contribution in [0.25, 0.3) is 22.5 Å². The average Bonchev–Trinajstić information content (AvgIpc) is 3.34. The summed E-state index contributed by atoms with van der Waals surface area (Å²) in [6.45, 7) is 0. The normalized spacial score (nSPS) is 19.6. The highest BCUT2D eigenvalue weighted by atomic mass is 16.3. The standard InChI is InChI=1S/C23H21N5O2/c24-11-17-3-1-14(12-25-17)21-20-10-15-9-13(2-8-19(15)22(20)28-27-21)23(30)26-16-4-6-18(29)7-5-16/h1-3,8-9,12,16,18,29H,4-7,10H2,(H,26,30)(H,27,28)/t16-,18-. The molecule has 150 valence electrons. The second kappa shape index (κ2) is 7.39. The Balaban J connectivity index is 1.36. The summed E-state index contributed by atoms with van der Waals surface area (Å²) in [4.78, 5) is 16.9. The van der Waals surface area contributed by atoms with Crippen molar-refractivity contribution in [3.63, 3.8) is 0 Å². The zero-order valence-corrected chi connectivity index (χ0v) is 16.4. The number of aromatic nitrogens is 3. The number of aliphatic hydroxyl groups excluding tert-OH is 1. The second-order valence-corrected chi connectivity index (χ2v) is 8.00. The molecule has 30 heavy (non-hydrogen) atoms. The maximum atomic E-state index is 12.7. The highest BCUT2D eigenvalue weighted by Gasteiger charge is 2.27. The van der Waals surface area contributed by atoms with Crippen molar-refractivity contribution in [2.45, 2.75) is 44.2 Å². The first kappa shape index (κ1) is 18.5. The molecule has 7 nitrogen and oxygen atoms in total. The summed E-state index contributed by atoms with van der Waals surface area (Å²) in [5.41, 5.74) is 6.91. The molecule has 1 saturated carbocycles. The molecule has 3 aromatic rings. The third-order valence-electron chi connectivity index (χ3n) is 6.05. The van der Waals surface area contributed by atoms with Gasteiger partial charge in [-0.1, -0.05) is 6.07 Å². The second-order valence-electron chi connectivity index (χ2n) is 8.00. The van der Waals surface area contributed by atoms with Crippen LogP contribution in [0.15, 0.2) is 36.5 Å². The van der Waals surface area contributed by atoms with E-state index in [4.69, 9.17) is 5.26 Å². The molecule has 0 aliphatic heterocycles. The maximum Gasteiger partial charge on any atom is 0.251 e. The zero-order chi connectivity index (χ0) is 20.7. The van der Waals surface area contributed by atoms with Gasteiger partial charge in [-0.25, -0.2) is 4.98 Å². The van der Waals surface area contributed by atoms with Crippen molar-refractivity contribution in [2.24, 2.45) is 0 Å². The van der Waals surface area contributed by atoms with Crippen molar-refractivity contribution < 1.29 is 9.90 Å². The molecule has 0 saturated heterocycles. The molecule has 2 aromatic heterocycles. The molecule has 0 spiro atoms. The number of aromatic amines is 1. The molecule has 7 heteroatoms. The number of pyridine rings is 1. The number of aliphatic hydroxyl groups is 1. The molecule has 1 amide bonds. The van der Waals surface area contributed by atoms with E-state index in [1.54, 1.807) is 12.3 Å². The maximum absolute atomic E-state index is 12.7. The van der Waals surface area contributed by atoms with Gasteiger partial charge in [-0.3, -0.25) is 9.89 Å². The highest BCUT2D eigenvalue weighted by Crippen LogP contribution is 2.40. The van der Waals surface area contributed by atoms with Crippen LogP contribution in [0.5, 0.6) is 0 Å². The van der Waals surface area contributed by atoms with Gasteiger partial charge < -0.3 is 10.4 Å². The van der Waals surface area contributed by atoms with Gasteiger partial charge in [0.15, 0.2) is 0 Å². The lowest BCUT2D eigenvalue weighted by molar-refractivity contribution is 0.0867. The lowest BCUT2D eigenvalue weighted by Crippen LogP contribution is -2.38. The smallest absolute Gasteiger partial charge is 0.251 e. The van der Waals surface area contributed by atoms with Gasteiger partial charge in [-0.15, -0.1) is 0 Å². The minimum atomic E-state index is -0.235. The van der Waals surface area contributed by atoms with E-state index < -0.39 is 0 Å². The third-order valence-corrected chi connectivity index (χ3v) is 6.05. The largest absolute Gasteiger partial charge is 0.393 e. The first-order chi connectivity index (χ1) is 14.6. The SMILES string of the molecule is N#Cc1ccc(-c2n[nH]c3c2Cc2cc(C(=O)N[C@H]4CC[C@H](O)CC4)ccc2-3)cn1. The summed E-state index contributed by atoms with van der Waals surface area (Å²) in [7, 11) is 0. The number of benzene rings is 1. The Bertz CT molecular complexity index is 1150. The third kappa shape index (κ3) is 3.25. The lowest BCUT2D eigenvalue weighted by Gasteiger charge is -2.26. The Hall–Kier alpha value is -3.50. The Morgan fingerprint density at radius 2 is 2.03 bits per heavy atom. The minimum absolute atomic E-state index is 0.0654. The average molecular weight is 399 g/mol. The first-order valence-electron chi connectivity index (χ1n) is 10.2. The number of fused-ring (bicyclic) bond motifs is 3. The van der Waals surface area contributed by atoms with Crippen LogP contribution in [0, 0.1) is 11.3 Å². The predicted molar refractivity (Wildman–Crippen MR) is 111 cm³/mol. The van der Waals surface area contributed by atoms with Gasteiger partial charge in [-0.05, 0) is 55.5 Å². The number of rotatable bonds is 3. The molecule has 2 aliphatic carbocycles. The van der Waals surface area contributed by atoms with E-state index >= 15 is 0 Å². The molecule has 3 N–H and O–H groups in total. The van der Waals surface area contributed by atoms with Crippen molar-refractivity contribution >= 4 is 5.91 Å². The Kier molecular flexibility index (Phi) is 4.57. The summed E-state index contributed by atoms with van der Waals surface area (Å²) in [6.07, 6.45) is 5.23. The molecule has 0 atom stereocenters.